The lowest BCUT2D eigenvalue weighted by atomic mass is 9.74. The Kier molecular flexibility index (Phi) is 8.36. The molecule has 0 amide bonds. The second-order valence-electron chi connectivity index (χ2n) is 17.0. The predicted molar refractivity (Wildman–Crippen MR) is 252 cm³/mol. The highest BCUT2D eigenvalue weighted by Crippen LogP contribution is 2.55. The second-order valence-corrected chi connectivity index (χ2v) is 17.0. The average molecular weight is 768 g/mol. The normalized spacial score (nSPS) is 15.4. The Hall–Kier alpha value is -7.22. The van der Waals surface area contributed by atoms with Gasteiger partial charge in [-0.1, -0.05) is 202 Å². The summed E-state index contributed by atoms with van der Waals surface area (Å²) in [6.07, 6.45) is 0. The van der Waals surface area contributed by atoms with Crippen molar-refractivity contribution in [1.82, 2.24) is 0 Å². The highest BCUT2D eigenvalue weighted by atomic mass is 15.1. The molecule has 0 radical (unpaired) electrons. The van der Waals surface area contributed by atoms with Crippen LogP contribution in [0.4, 0.5) is 17.1 Å². The van der Waals surface area contributed by atoms with Crippen LogP contribution in [0, 0.1) is 0 Å². The Morgan fingerprint density at radius 3 is 1.60 bits per heavy atom. The number of hydrogen-bond acceptors (Lipinski definition) is 1. The number of para-hydroxylation sites is 1. The molecule has 1 unspecified atom stereocenters. The van der Waals surface area contributed by atoms with Crippen molar-refractivity contribution in [3.05, 3.63) is 246 Å². The van der Waals surface area contributed by atoms with Gasteiger partial charge < -0.3 is 4.90 Å². The summed E-state index contributed by atoms with van der Waals surface area (Å²) in [6.45, 7) is 7.16. The number of nitrogens with zero attached hydrogens (tertiary/aromatic N) is 1. The SMILES string of the molecule is CC1(C)c2ccccc2-c2cccc(-c3cccc(N(c4ccc5c(c4)C(C)(c4ccccc4)c4ccccc4-5)c4ccccc4-c4ccc(-c5ccccc5)cc4)c3)c21. The predicted octanol–water partition coefficient (Wildman–Crippen LogP) is 15.8. The number of anilines is 3. The minimum atomic E-state index is -0.325. The molecule has 286 valence electrons. The zero-order chi connectivity index (χ0) is 40.4. The van der Waals surface area contributed by atoms with Gasteiger partial charge in [-0.05, 0) is 115 Å². The zero-order valence-electron chi connectivity index (χ0n) is 34.2. The van der Waals surface area contributed by atoms with Crippen LogP contribution >= 0.6 is 0 Å². The summed E-state index contributed by atoms with van der Waals surface area (Å²) >= 11 is 0. The number of rotatable bonds is 7. The molecule has 1 atom stereocenters. The van der Waals surface area contributed by atoms with Crippen molar-refractivity contribution in [3.8, 4) is 55.6 Å². The van der Waals surface area contributed by atoms with Crippen molar-refractivity contribution in [2.75, 3.05) is 4.90 Å². The van der Waals surface area contributed by atoms with E-state index >= 15 is 0 Å². The van der Waals surface area contributed by atoms with E-state index in [4.69, 9.17) is 0 Å². The number of fused-ring (bicyclic) bond motifs is 6. The van der Waals surface area contributed by atoms with Gasteiger partial charge >= 0.3 is 0 Å². The third kappa shape index (κ3) is 5.53. The van der Waals surface area contributed by atoms with E-state index in [0.29, 0.717) is 0 Å². The lowest BCUT2D eigenvalue weighted by molar-refractivity contribution is 0.662. The maximum Gasteiger partial charge on any atom is 0.0540 e. The summed E-state index contributed by atoms with van der Waals surface area (Å²) in [6, 6.07) is 80.7. The largest absolute Gasteiger partial charge is 0.310 e. The van der Waals surface area contributed by atoms with Crippen molar-refractivity contribution in [2.45, 2.75) is 31.6 Å². The van der Waals surface area contributed by atoms with Crippen molar-refractivity contribution >= 4 is 17.1 Å². The molecule has 11 rings (SSSR count). The van der Waals surface area contributed by atoms with E-state index in [1.165, 1.54) is 83.5 Å². The Labute approximate surface area is 353 Å². The molecule has 9 aromatic carbocycles. The van der Waals surface area contributed by atoms with Crippen LogP contribution in [0.3, 0.4) is 0 Å². The molecule has 0 heterocycles. The van der Waals surface area contributed by atoms with E-state index in [0.717, 1.165) is 17.1 Å². The van der Waals surface area contributed by atoms with E-state index in [2.05, 4.69) is 244 Å². The number of benzene rings is 9. The highest BCUT2D eigenvalue weighted by molar-refractivity contribution is 5.94. The Bertz CT molecular complexity index is 3070. The van der Waals surface area contributed by atoms with Gasteiger partial charge in [-0.15, -0.1) is 0 Å². The molecule has 0 fully saturated rings. The number of hydrogen-bond donors (Lipinski definition) is 0. The molecule has 0 bridgehead atoms. The molecule has 0 aromatic heterocycles. The van der Waals surface area contributed by atoms with Gasteiger partial charge in [0.05, 0.1) is 5.69 Å². The molecule has 0 saturated heterocycles. The molecular formula is C59H45N. The van der Waals surface area contributed by atoms with Crippen molar-refractivity contribution < 1.29 is 0 Å². The molecular weight excluding hydrogens is 723 g/mol. The Morgan fingerprint density at radius 2 is 0.833 bits per heavy atom. The first-order chi connectivity index (χ1) is 29.4. The summed E-state index contributed by atoms with van der Waals surface area (Å²) in [4.78, 5) is 2.49. The van der Waals surface area contributed by atoms with Crippen LogP contribution in [0.5, 0.6) is 0 Å². The molecule has 0 aliphatic heterocycles. The van der Waals surface area contributed by atoms with E-state index < -0.39 is 0 Å². The third-order valence-corrected chi connectivity index (χ3v) is 13.4. The van der Waals surface area contributed by atoms with Crippen LogP contribution in [-0.4, -0.2) is 0 Å². The van der Waals surface area contributed by atoms with Gasteiger partial charge in [0.2, 0.25) is 0 Å². The minimum Gasteiger partial charge on any atom is -0.310 e. The monoisotopic (exact) mass is 767 g/mol. The first-order valence-corrected chi connectivity index (χ1v) is 21.1. The maximum atomic E-state index is 2.49. The first-order valence-electron chi connectivity index (χ1n) is 21.1. The van der Waals surface area contributed by atoms with Gasteiger partial charge in [0, 0.05) is 27.8 Å². The molecule has 0 saturated carbocycles. The molecule has 2 aliphatic rings. The van der Waals surface area contributed by atoms with Gasteiger partial charge in [-0.2, -0.15) is 0 Å². The van der Waals surface area contributed by atoms with Gasteiger partial charge in [0.25, 0.3) is 0 Å². The summed E-state index contributed by atoms with van der Waals surface area (Å²) in [5, 5.41) is 0. The minimum absolute atomic E-state index is 0.131. The first kappa shape index (κ1) is 35.9. The molecule has 0 N–H and O–H groups in total. The van der Waals surface area contributed by atoms with Crippen LogP contribution < -0.4 is 4.90 Å². The van der Waals surface area contributed by atoms with Gasteiger partial charge in [-0.3, -0.25) is 0 Å². The smallest absolute Gasteiger partial charge is 0.0540 e. The van der Waals surface area contributed by atoms with Gasteiger partial charge in [-0.25, -0.2) is 0 Å². The summed E-state index contributed by atoms with van der Waals surface area (Å²) in [5.74, 6) is 0. The zero-order valence-corrected chi connectivity index (χ0v) is 34.2. The fourth-order valence-corrected chi connectivity index (χ4v) is 10.4. The third-order valence-electron chi connectivity index (χ3n) is 13.4. The van der Waals surface area contributed by atoms with Crippen LogP contribution in [0.15, 0.2) is 218 Å². The van der Waals surface area contributed by atoms with E-state index in [9.17, 15) is 0 Å². The van der Waals surface area contributed by atoms with Gasteiger partial charge in [0.1, 0.15) is 0 Å². The fraction of sp³-hybridized carbons (Fsp3) is 0.0847. The summed E-state index contributed by atoms with van der Waals surface area (Å²) in [5.41, 5.74) is 22.2. The molecule has 2 aliphatic carbocycles. The average Bonchev–Trinajstić information content (AvgIpc) is 3.71. The summed E-state index contributed by atoms with van der Waals surface area (Å²) < 4.78 is 0. The topological polar surface area (TPSA) is 3.24 Å². The van der Waals surface area contributed by atoms with Crippen LogP contribution in [0.2, 0.25) is 0 Å². The summed E-state index contributed by atoms with van der Waals surface area (Å²) in [7, 11) is 0. The fourth-order valence-electron chi connectivity index (χ4n) is 10.4. The Balaban J connectivity index is 1.11. The molecule has 0 spiro atoms. The van der Waals surface area contributed by atoms with E-state index in [-0.39, 0.29) is 10.8 Å². The highest BCUT2D eigenvalue weighted by Gasteiger charge is 2.41. The van der Waals surface area contributed by atoms with Gasteiger partial charge in [0.15, 0.2) is 0 Å². The standard InChI is InChI=1S/C59H45N/c1-58(2)53-29-13-10-26-50(53)52-28-17-27-48(57(52)58)43-20-16-23-45(38-43)60(56-31-15-12-24-47(56)42-34-32-41(33-35-42)40-18-6-4-7-19-40)46-36-37-51-49-25-11-14-30-54(49)59(3,55(51)39-46)44-21-8-5-9-22-44/h4-39H,1-3H3. The lowest BCUT2D eigenvalue weighted by Gasteiger charge is -2.32. The maximum absolute atomic E-state index is 2.49. The lowest BCUT2D eigenvalue weighted by Crippen LogP contribution is -2.23. The van der Waals surface area contributed by atoms with E-state index in [1.54, 1.807) is 0 Å². The van der Waals surface area contributed by atoms with E-state index in [1.807, 2.05) is 0 Å². The van der Waals surface area contributed by atoms with Crippen molar-refractivity contribution in [1.29, 1.82) is 0 Å². The quantitative estimate of drug-likeness (QED) is 0.156. The van der Waals surface area contributed by atoms with Crippen molar-refractivity contribution in [2.24, 2.45) is 0 Å². The molecule has 1 nitrogen and oxygen atoms in total. The molecule has 60 heavy (non-hydrogen) atoms. The Morgan fingerprint density at radius 1 is 0.317 bits per heavy atom. The van der Waals surface area contributed by atoms with Crippen LogP contribution in [-0.2, 0) is 10.8 Å². The second kappa shape index (κ2) is 14.0. The van der Waals surface area contributed by atoms with Crippen LogP contribution in [0.1, 0.15) is 48.6 Å². The van der Waals surface area contributed by atoms with Crippen molar-refractivity contribution in [3.63, 3.8) is 0 Å². The molecule has 9 aromatic rings. The molecule has 1 heteroatoms. The van der Waals surface area contributed by atoms with Crippen LogP contribution in [0.25, 0.3) is 55.6 Å².